The second-order valence-corrected chi connectivity index (χ2v) is 5.60. The van der Waals surface area contributed by atoms with Gasteiger partial charge in [0, 0.05) is 23.7 Å². The summed E-state index contributed by atoms with van der Waals surface area (Å²) in [5.74, 6) is -0.0565. The highest BCUT2D eigenvalue weighted by molar-refractivity contribution is 5.33. The third kappa shape index (κ3) is 1.86. The molecule has 1 aromatic carbocycles. The maximum Gasteiger partial charge on any atom is 0.128 e. The van der Waals surface area contributed by atoms with E-state index in [-0.39, 0.29) is 17.4 Å². The minimum absolute atomic E-state index is 0.0565. The molecule has 1 aromatic rings. The van der Waals surface area contributed by atoms with Crippen molar-refractivity contribution in [1.29, 1.82) is 0 Å². The molecule has 1 atom stereocenters. The van der Waals surface area contributed by atoms with Gasteiger partial charge in [0.05, 0.1) is 0 Å². The van der Waals surface area contributed by atoms with E-state index in [0.29, 0.717) is 0 Å². The molecule has 0 saturated carbocycles. The van der Waals surface area contributed by atoms with Crippen LogP contribution in [0.15, 0.2) is 18.2 Å². The van der Waals surface area contributed by atoms with Crippen molar-refractivity contribution in [2.24, 2.45) is 0 Å². The van der Waals surface area contributed by atoms with Gasteiger partial charge in [0.15, 0.2) is 0 Å². The maximum absolute atomic E-state index is 13.9. The van der Waals surface area contributed by atoms with E-state index >= 15 is 0 Å². The first-order valence-electron chi connectivity index (χ1n) is 5.95. The number of nitrogens with zero attached hydrogens (tertiary/aromatic N) is 1. The molecule has 1 heterocycles. The Morgan fingerprint density at radius 1 is 1.31 bits per heavy atom. The van der Waals surface area contributed by atoms with Crippen LogP contribution in [-0.2, 0) is 6.42 Å². The SMILES string of the molecule is CC1c2c(F)cccc2CCN1C(C)(C)C. The summed E-state index contributed by atoms with van der Waals surface area (Å²) in [5.41, 5.74) is 2.16. The number of halogens is 1. The predicted octanol–water partition coefficient (Wildman–Crippen LogP) is 3.54. The molecule has 0 amide bonds. The summed E-state index contributed by atoms with van der Waals surface area (Å²) in [7, 11) is 0. The van der Waals surface area contributed by atoms with E-state index in [0.717, 1.165) is 18.5 Å². The van der Waals surface area contributed by atoms with Gasteiger partial charge in [-0.2, -0.15) is 0 Å². The molecular weight excluding hydrogens is 201 g/mol. The lowest BCUT2D eigenvalue weighted by Gasteiger charge is -2.44. The van der Waals surface area contributed by atoms with Crippen LogP contribution in [-0.4, -0.2) is 17.0 Å². The van der Waals surface area contributed by atoms with Crippen molar-refractivity contribution in [3.05, 3.63) is 35.1 Å². The van der Waals surface area contributed by atoms with Gasteiger partial charge in [-0.05, 0) is 45.7 Å². The highest BCUT2D eigenvalue weighted by Gasteiger charge is 2.32. The molecule has 1 aliphatic rings. The van der Waals surface area contributed by atoms with Crippen LogP contribution in [0.1, 0.15) is 44.9 Å². The highest BCUT2D eigenvalue weighted by atomic mass is 19.1. The summed E-state index contributed by atoms with van der Waals surface area (Å²) in [6, 6.07) is 5.61. The number of hydrogen-bond donors (Lipinski definition) is 0. The van der Waals surface area contributed by atoms with Gasteiger partial charge >= 0.3 is 0 Å². The summed E-state index contributed by atoms with van der Waals surface area (Å²) < 4.78 is 13.9. The molecule has 16 heavy (non-hydrogen) atoms. The molecule has 2 rings (SSSR count). The van der Waals surface area contributed by atoms with E-state index < -0.39 is 0 Å². The first-order chi connectivity index (χ1) is 7.41. The quantitative estimate of drug-likeness (QED) is 0.647. The van der Waals surface area contributed by atoms with E-state index in [4.69, 9.17) is 0 Å². The largest absolute Gasteiger partial charge is 0.291 e. The van der Waals surface area contributed by atoms with Crippen molar-refractivity contribution < 1.29 is 4.39 Å². The monoisotopic (exact) mass is 221 g/mol. The van der Waals surface area contributed by atoms with Crippen molar-refractivity contribution >= 4 is 0 Å². The van der Waals surface area contributed by atoms with E-state index in [1.165, 1.54) is 5.56 Å². The van der Waals surface area contributed by atoms with Crippen LogP contribution in [0.4, 0.5) is 4.39 Å². The third-order valence-electron chi connectivity index (χ3n) is 3.51. The Balaban J connectivity index is 2.42. The zero-order valence-electron chi connectivity index (χ0n) is 10.5. The Morgan fingerprint density at radius 2 is 2.00 bits per heavy atom. The lowest BCUT2D eigenvalue weighted by atomic mass is 9.89. The molecule has 0 aromatic heterocycles. The molecule has 0 radical (unpaired) electrons. The minimum atomic E-state index is -0.0565. The Bertz CT molecular complexity index is 392. The molecule has 1 nitrogen and oxygen atoms in total. The normalized spacial score (nSPS) is 21.9. The topological polar surface area (TPSA) is 3.24 Å². The summed E-state index contributed by atoms with van der Waals surface area (Å²) in [4.78, 5) is 2.37. The van der Waals surface area contributed by atoms with Crippen LogP contribution in [0.5, 0.6) is 0 Å². The molecule has 0 fully saturated rings. The molecule has 0 bridgehead atoms. The van der Waals surface area contributed by atoms with E-state index in [9.17, 15) is 4.39 Å². The Labute approximate surface area is 97.3 Å². The average molecular weight is 221 g/mol. The van der Waals surface area contributed by atoms with Crippen LogP contribution in [0.2, 0.25) is 0 Å². The minimum Gasteiger partial charge on any atom is -0.291 e. The zero-order valence-corrected chi connectivity index (χ0v) is 10.5. The molecule has 2 heteroatoms. The fraction of sp³-hybridized carbons (Fsp3) is 0.571. The van der Waals surface area contributed by atoms with Crippen molar-refractivity contribution in [2.75, 3.05) is 6.54 Å². The number of benzene rings is 1. The first kappa shape index (κ1) is 11.6. The number of fused-ring (bicyclic) bond motifs is 1. The van der Waals surface area contributed by atoms with Crippen molar-refractivity contribution in [1.82, 2.24) is 4.90 Å². The summed E-state index contributed by atoms with van der Waals surface area (Å²) in [6.07, 6.45) is 0.953. The molecule has 0 spiro atoms. The Morgan fingerprint density at radius 3 is 2.62 bits per heavy atom. The van der Waals surface area contributed by atoms with E-state index in [1.807, 2.05) is 6.07 Å². The maximum atomic E-state index is 13.9. The summed E-state index contributed by atoms with van der Waals surface area (Å²) in [5, 5.41) is 0. The smallest absolute Gasteiger partial charge is 0.128 e. The number of hydrogen-bond acceptors (Lipinski definition) is 1. The second kappa shape index (κ2) is 3.85. The Kier molecular flexibility index (Phi) is 2.79. The van der Waals surface area contributed by atoms with Gasteiger partial charge in [0.2, 0.25) is 0 Å². The molecular formula is C14H20FN. The van der Waals surface area contributed by atoms with Gasteiger partial charge in [0.25, 0.3) is 0 Å². The van der Waals surface area contributed by atoms with E-state index in [2.05, 4.69) is 38.7 Å². The molecule has 1 aliphatic heterocycles. The molecule has 1 unspecified atom stereocenters. The summed E-state index contributed by atoms with van der Waals surface area (Å²) >= 11 is 0. The lowest BCUT2D eigenvalue weighted by molar-refractivity contribution is 0.0801. The zero-order chi connectivity index (χ0) is 11.9. The van der Waals surface area contributed by atoms with Gasteiger partial charge in [-0.25, -0.2) is 4.39 Å². The third-order valence-corrected chi connectivity index (χ3v) is 3.51. The fourth-order valence-corrected chi connectivity index (χ4v) is 2.77. The molecule has 88 valence electrons. The van der Waals surface area contributed by atoms with Gasteiger partial charge < -0.3 is 0 Å². The van der Waals surface area contributed by atoms with Gasteiger partial charge in [0.1, 0.15) is 5.82 Å². The van der Waals surface area contributed by atoms with Crippen LogP contribution in [0.3, 0.4) is 0 Å². The second-order valence-electron chi connectivity index (χ2n) is 5.60. The molecule has 0 saturated heterocycles. The fourth-order valence-electron chi connectivity index (χ4n) is 2.77. The summed E-state index contributed by atoms with van der Waals surface area (Å²) in [6.45, 7) is 9.69. The van der Waals surface area contributed by atoms with Crippen LogP contribution < -0.4 is 0 Å². The highest BCUT2D eigenvalue weighted by Crippen LogP contribution is 2.35. The van der Waals surface area contributed by atoms with Gasteiger partial charge in [-0.1, -0.05) is 12.1 Å². The molecule has 0 aliphatic carbocycles. The van der Waals surface area contributed by atoms with Crippen LogP contribution >= 0.6 is 0 Å². The number of rotatable bonds is 0. The van der Waals surface area contributed by atoms with Gasteiger partial charge in [-0.15, -0.1) is 0 Å². The van der Waals surface area contributed by atoms with E-state index in [1.54, 1.807) is 6.07 Å². The molecule has 0 N–H and O–H groups in total. The first-order valence-corrected chi connectivity index (χ1v) is 5.95. The van der Waals surface area contributed by atoms with Crippen molar-refractivity contribution in [3.8, 4) is 0 Å². The van der Waals surface area contributed by atoms with Crippen LogP contribution in [0, 0.1) is 5.82 Å². The predicted molar refractivity (Wildman–Crippen MR) is 65.0 cm³/mol. The van der Waals surface area contributed by atoms with Crippen LogP contribution in [0.25, 0.3) is 0 Å². The van der Waals surface area contributed by atoms with Crippen molar-refractivity contribution in [3.63, 3.8) is 0 Å². The van der Waals surface area contributed by atoms with Crippen molar-refractivity contribution in [2.45, 2.75) is 45.7 Å². The van der Waals surface area contributed by atoms with Gasteiger partial charge in [-0.3, -0.25) is 4.90 Å². The standard InChI is InChI=1S/C14H20FN/c1-10-13-11(6-5-7-12(13)15)8-9-16(10)14(2,3)4/h5-7,10H,8-9H2,1-4H3. The lowest BCUT2D eigenvalue weighted by Crippen LogP contribution is -2.46. The average Bonchev–Trinajstić information content (AvgIpc) is 2.16. The Hall–Kier alpha value is -0.890.